The second kappa shape index (κ2) is 10.8. The van der Waals surface area contributed by atoms with Gasteiger partial charge in [0.25, 0.3) is 5.97 Å². The molecule has 0 atom stereocenters. The average Bonchev–Trinajstić information content (AvgIpc) is 2.26. The molecule has 1 aliphatic rings. The number of ether oxygens (including phenoxy) is 1. The van der Waals surface area contributed by atoms with Gasteiger partial charge in [0, 0.05) is 20.0 Å². The number of likely N-dealkylation sites (tertiary alicyclic amines) is 1. The highest BCUT2D eigenvalue weighted by Gasteiger charge is 2.22. The molecule has 0 aromatic rings. The maximum atomic E-state index is 11.5. The summed E-state index contributed by atoms with van der Waals surface area (Å²) >= 11 is 0. The van der Waals surface area contributed by atoms with Gasteiger partial charge < -0.3 is 26.2 Å². The summed E-state index contributed by atoms with van der Waals surface area (Å²) < 4.78 is 5.26. The Balaban J connectivity index is 0. The standard InChI is InChI=1S/C10H19NO2.C2H4O2.CH5N3/c1-10(2,3)13-9(12)11-7-5-4-6-8-11;1-2(3)4;2-1(3)4/h4-8H2,1-3H3;1H3,(H,3,4);(H5,2,3,4). The smallest absolute Gasteiger partial charge is 0.410 e. The molecule has 6 N–H and O–H groups in total. The Morgan fingerprint density at radius 2 is 1.48 bits per heavy atom. The van der Waals surface area contributed by atoms with Crippen LogP contribution >= 0.6 is 0 Å². The zero-order valence-electron chi connectivity index (χ0n) is 13.3. The number of guanidine groups is 1. The topological polar surface area (TPSA) is 143 Å². The summed E-state index contributed by atoms with van der Waals surface area (Å²) in [6, 6.07) is 0. The van der Waals surface area contributed by atoms with E-state index in [1.54, 1.807) is 4.90 Å². The first-order valence-corrected chi connectivity index (χ1v) is 6.72. The van der Waals surface area contributed by atoms with Crippen LogP contribution in [0.2, 0.25) is 0 Å². The van der Waals surface area contributed by atoms with E-state index in [4.69, 9.17) is 20.0 Å². The van der Waals surface area contributed by atoms with Crippen LogP contribution in [0.4, 0.5) is 4.79 Å². The molecule has 21 heavy (non-hydrogen) atoms. The number of aliphatic carboxylic acids is 1. The molecule has 1 rings (SSSR count). The lowest BCUT2D eigenvalue weighted by atomic mass is 10.1. The molecule has 1 amide bonds. The number of hydrogen-bond acceptors (Lipinski definition) is 4. The van der Waals surface area contributed by atoms with Crippen molar-refractivity contribution in [3.8, 4) is 0 Å². The number of rotatable bonds is 0. The molecule has 8 heteroatoms. The van der Waals surface area contributed by atoms with Crippen LogP contribution < -0.4 is 11.5 Å². The summed E-state index contributed by atoms with van der Waals surface area (Å²) in [5, 5.41) is 13.5. The highest BCUT2D eigenvalue weighted by molar-refractivity contribution is 5.71. The van der Waals surface area contributed by atoms with Crippen molar-refractivity contribution in [3.63, 3.8) is 0 Å². The number of hydrogen-bond donors (Lipinski definition) is 4. The van der Waals surface area contributed by atoms with Gasteiger partial charge in [-0.1, -0.05) is 0 Å². The van der Waals surface area contributed by atoms with E-state index < -0.39 is 5.97 Å². The van der Waals surface area contributed by atoms with E-state index >= 15 is 0 Å². The summed E-state index contributed by atoms with van der Waals surface area (Å²) in [6.45, 7) is 8.49. The zero-order valence-corrected chi connectivity index (χ0v) is 13.3. The minimum Gasteiger partial charge on any atom is -0.481 e. The van der Waals surface area contributed by atoms with Gasteiger partial charge in [-0.2, -0.15) is 0 Å². The van der Waals surface area contributed by atoms with Gasteiger partial charge in [0.15, 0.2) is 5.96 Å². The predicted molar refractivity (Wildman–Crippen MR) is 81.1 cm³/mol. The summed E-state index contributed by atoms with van der Waals surface area (Å²) in [7, 11) is 0. The molecule has 8 nitrogen and oxygen atoms in total. The Kier molecular flexibility index (Phi) is 10.9. The third-order valence-corrected chi connectivity index (χ3v) is 2.01. The van der Waals surface area contributed by atoms with Gasteiger partial charge in [-0.3, -0.25) is 10.2 Å². The fraction of sp³-hybridized carbons (Fsp3) is 0.769. The first-order valence-electron chi connectivity index (χ1n) is 6.72. The molecule has 0 bridgehead atoms. The Hall–Kier alpha value is -1.99. The SMILES string of the molecule is CC(=O)O.CC(C)(C)OC(=O)N1CCCCC1.N=C(N)N. The van der Waals surface area contributed by atoms with Gasteiger partial charge in [0.1, 0.15) is 5.60 Å². The first kappa shape index (κ1) is 21.3. The molecule has 1 fully saturated rings. The largest absolute Gasteiger partial charge is 0.481 e. The quantitative estimate of drug-likeness (QED) is 0.393. The predicted octanol–water partition coefficient (Wildman–Crippen LogP) is 1.34. The number of carbonyl (C=O) groups is 2. The summed E-state index contributed by atoms with van der Waals surface area (Å²) in [4.78, 5) is 22.3. The van der Waals surface area contributed by atoms with Crippen molar-refractivity contribution in [2.45, 2.75) is 52.6 Å². The van der Waals surface area contributed by atoms with Crippen LogP contribution in [0.3, 0.4) is 0 Å². The second-order valence-electron chi connectivity index (χ2n) is 5.50. The van der Waals surface area contributed by atoms with Crippen molar-refractivity contribution in [2.24, 2.45) is 11.5 Å². The van der Waals surface area contributed by atoms with Crippen molar-refractivity contribution in [1.29, 1.82) is 5.41 Å². The fourth-order valence-corrected chi connectivity index (χ4v) is 1.40. The maximum absolute atomic E-state index is 11.5. The van der Waals surface area contributed by atoms with Crippen LogP contribution in [0, 0.1) is 5.41 Å². The van der Waals surface area contributed by atoms with E-state index in [-0.39, 0.29) is 17.7 Å². The minimum atomic E-state index is -0.833. The van der Waals surface area contributed by atoms with Crippen LogP contribution in [0.15, 0.2) is 0 Å². The lowest BCUT2D eigenvalue weighted by Gasteiger charge is -2.29. The number of carbonyl (C=O) groups excluding carboxylic acids is 1. The van der Waals surface area contributed by atoms with Gasteiger partial charge in [-0.25, -0.2) is 4.79 Å². The van der Waals surface area contributed by atoms with Gasteiger partial charge in [-0.05, 0) is 40.0 Å². The first-order chi connectivity index (χ1) is 9.45. The highest BCUT2D eigenvalue weighted by atomic mass is 16.6. The molecule has 124 valence electrons. The van der Waals surface area contributed by atoms with Crippen LogP contribution in [0.25, 0.3) is 0 Å². The molecule has 0 aromatic carbocycles. The maximum Gasteiger partial charge on any atom is 0.410 e. The number of piperidine rings is 1. The Bertz CT molecular complexity index is 314. The van der Waals surface area contributed by atoms with E-state index in [2.05, 4.69) is 11.5 Å². The molecular formula is C13H28N4O4. The van der Waals surface area contributed by atoms with Crippen LogP contribution in [-0.4, -0.2) is 46.7 Å². The van der Waals surface area contributed by atoms with E-state index in [1.807, 2.05) is 20.8 Å². The number of nitrogens with one attached hydrogen (secondary N) is 1. The molecule has 0 radical (unpaired) electrons. The molecule has 0 aromatic heterocycles. The fourth-order valence-electron chi connectivity index (χ4n) is 1.40. The van der Waals surface area contributed by atoms with E-state index in [0.717, 1.165) is 32.9 Å². The van der Waals surface area contributed by atoms with Crippen molar-refractivity contribution in [3.05, 3.63) is 0 Å². The molecule has 1 saturated heterocycles. The number of amides is 1. The third kappa shape index (κ3) is 20.5. The Morgan fingerprint density at radius 1 is 1.14 bits per heavy atom. The van der Waals surface area contributed by atoms with Gasteiger partial charge >= 0.3 is 6.09 Å². The van der Waals surface area contributed by atoms with Crippen molar-refractivity contribution >= 4 is 18.0 Å². The number of carboxylic acid groups (broad SMARTS) is 1. The zero-order chi connectivity index (χ0) is 17.1. The van der Waals surface area contributed by atoms with E-state index in [0.29, 0.717) is 0 Å². The van der Waals surface area contributed by atoms with E-state index in [9.17, 15) is 4.79 Å². The Morgan fingerprint density at radius 3 is 1.76 bits per heavy atom. The molecule has 1 heterocycles. The molecule has 0 saturated carbocycles. The van der Waals surface area contributed by atoms with Gasteiger partial charge in [0.2, 0.25) is 0 Å². The number of nitrogens with zero attached hydrogens (tertiary/aromatic N) is 1. The normalized spacial score (nSPS) is 13.8. The van der Waals surface area contributed by atoms with Crippen molar-refractivity contribution in [2.75, 3.05) is 13.1 Å². The second-order valence-corrected chi connectivity index (χ2v) is 5.50. The number of carboxylic acids is 1. The molecule has 0 unspecified atom stereocenters. The highest BCUT2D eigenvalue weighted by Crippen LogP contribution is 2.14. The number of nitrogens with two attached hydrogens (primary N) is 2. The van der Waals surface area contributed by atoms with Crippen LogP contribution in [0.5, 0.6) is 0 Å². The van der Waals surface area contributed by atoms with Crippen molar-refractivity contribution < 1.29 is 19.4 Å². The van der Waals surface area contributed by atoms with Crippen LogP contribution in [0.1, 0.15) is 47.0 Å². The molecular weight excluding hydrogens is 276 g/mol. The summed E-state index contributed by atoms with van der Waals surface area (Å²) in [5.41, 5.74) is 8.58. The van der Waals surface area contributed by atoms with E-state index in [1.165, 1.54) is 6.42 Å². The monoisotopic (exact) mass is 304 g/mol. The van der Waals surface area contributed by atoms with Gasteiger partial charge in [-0.15, -0.1) is 0 Å². The summed E-state index contributed by atoms with van der Waals surface area (Å²) in [6.07, 6.45) is 3.30. The van der Waals surface area contributed by atoms with Crippen molar-refractivity contribution in [1.82, 2.24) is 4.90 Å². The Labute approximate surface area is 125 Å². The van der Waals surface area contributed by atoms with Crippen LogP contribution in [-0.2, 0) is 9.53 Å². The average molecular weight is 304 g/mol. The van der Waals surface area contributed by atoms with Gasteiger partial charge in [0.05, 0.1) is 0 Å². The summed E-state index contributed by atoms with van der Waals surface area (Å²) in [5.74, 6) is -1.17. The lowest BCUT2D eigenvalue weighted by Crippen LogP contribution is -2.39. The third-order valence-electron chi connectivity index (χ3n) is 2.01. The molecule has 1 aliphatic heterocycles. The lowest BCUT2D eigenvalue weighted by molar-refractivity contribution is -0.134. The molecule has 0 aliphatic carbocycles. The molecule has 0 spiro atoms. The minimum absolute atomic E-state index is 0.160.